The number of rotatable bonds is 1. The maximum atomic E-state index is 11.3. The van der Waals surface area contributed by atoms with Gasteiger partial charge in [0.05, 0.1) is 12.7 Å². The second kappa shape index (κ2) is 4.35. The Morgan fingerprint density at radius 3 is 2.94 bits per heavy atom. The minimum atomic E-state index is -0.377. The van der Waals surface area contributed by atoms with E-state index in [-0.39, 0.29) is 11.9 Å². The molecule has 0 bridgehead atoms. The largest absolute Gasteiger partial charge is 0.465 e. The van der Waals surface area contributed by atoms with Crippen molar-refractivity contribution in [1.82, 2.24) is 0 Å². The number of ether oxygens (including phenoxy) is 2. The number of fused-ring (bicyclic) bond motifs is 1. The smallest absolute Gasteiger partial charge is 0.337 e. The molecule has 0 N–H and O–H groups in total. The molecule has 1 aliphatic rings. The van der Waals surface area contributed by atoms with Gasteiger partial charge in [0, 0.05) is 6.42 Å². The van der Waals surface area contributed by atoms with Gasteiger partial charge in [-0.1, -0.05) is 0 Å². The first kappa shape index (κ1) is 10.7. The van der Waals surface area contributed by atoms with E-state index in [0.29, 0.717) is 17.7 Å². The molecule has 0 unspecified atom stereocenters. The Labute approximate surface area is 93.2 Å². The zero-order valence-corrected chi connectivity index (χ0v) is 8.99. The van der Waals surface area contributed by atoms with Crippen LogP contribution in [0.1, 0.15) is 28.8 Å². The number of hydrogen-bond acceptors (Lipinski definition) is 4. The molecule has 4 heteroatoms. The van der Waals surface area contributed by atoms with E-state index >= 15 is 0 Å². The molecular formula is C12H12O4. The predicted molar refractivity (Wildman–Crippen MR) is 56.4 cm³/mol. The first-order valence-corrected chi connectivity index (χ1v) is 5.12. The second-order valence-corrected chi connectivity index (χ2v) is 3.64. The summed E-state index contributed by atoms with van der Waals surface area (Å²) in [6, 6.07) is 4.97. The summed E-state index contributed by atoms with van der Waals surface area (Å²) in [5.41, 5.74) is 1.37. The van der Waals surface area contributed by atoms with Gasteiger partial charge in [0.25, 0.3) is 0 Å². The molecule has 4 nitrogen and oxygen atoms in total. The van der Waals surface area contributed by atoms with E-state index < -0.39 is 0 Å². The van der Waals surface area contributed by atoms with Crippen LogP contribution in [0.4, 0.5) is 0 Å². The molecule has 2 rings (SSSR count). The number of carbonyl (C=O) groups excluding carboxylic acids is 2. The first-order chi connectivity index (χ1) is 7.70. The number of aryl methyl sites for hydroxylation is 1. The first-order valence-electron chi connectivity index (χ1n) is 5.12. The molecule has 16 heavy (non-hydrogen) atoms. The van der Waals surface area contributed by atoms with E-state index in [1.165, 1.54) is 7.11 Å². The standard InChI is InChI=1S/C12H12O4/c1-15-12(14)9-5-6-10-8(7-9)3-2-4-11(13)16-10/h5-7H,2-4H2,1H3. The zero-order valence-electron chi connectivity index (χ0n) is 8.99. The lowest BCUT2D eigenvalue weighted by atomic mass is 10.1. The summed E-state index contributed by atoms with van der Waals surface area (Å²) in [7, 11) is 1.34. The Kier molecular flexibility index (Phi) is 2.90. The van der Waals surface area contributed by atoms with Crippen LogP contribution in [0.3, 0.4) is 0 Å². The van der Waals surface area contributed by atoms with Crippen molar-refractivity contribution >= 4 is 11.9 Å². The van der Waals surface area contributed by atoms with Gasteiger partial charge >= 0.3 is 11.9 Å². The molecule has 0 fully saturated rings. The number of hydrogen-bond donors (Lipinski definition) is 0. The summed E-state index contributed by atoms with van der Waals surface area (Å²) in [5.74, 6) is -0.0434. The maximum absolute atomic E-state index is 11.3. The summed E-state index contributed by atoms with van der Waals surface area (Å²) in [6.07, 6.45) is 1.91. The van der Waals surface area contributed by atoms with E-state index in [9.17, 15) is 9.59 Å². The van der Waals surface area contributed by atoms with Crippen LogP contribution in [-0.2, 0) is 16.0 Å². The van der Waals surface area contributed by atoms with Gasteiger partial charge in [-0.3, -0.25) is 4.79 Å². The van der Waals surface area contributed by atoms with Crippen molar-refractivity contribution in [2.45, 2.75) is 19.3 Å². The average molecular weight is 220 g/mol. The van der Waals surface area contributed by atoms with Crippen molar-refractivity contribution < 1.29 is 19.1 Å². The Morgan fingerprint density at radius 1 is 1.38 bits per heavy atom. The molecule has 0 aliphatic carbocycles. The van der Waals surface area contributed by atoms with Gasteiger partial charge in [-0.15, -0.1) is 0 Å². The molecule has 1 aromatic carbocycles. The zero-order chi connectivity index (χ0) is 11.5. The Bertz CT molecular complexity index is 437. The summed E-state index contributed by atoms with van der Waals surface area (Å²) in [5, 5.41) is 0. The third-order valence-electron chi connectivity index (χ3n) is 2.53. The molecular weight excluding hydrogens is 208 g/mol. The molecule has 0 amide bonds. The van der Waals surface area contributed by atoms with Gasteiger partial charge < -0.3 is 9.47 Å². The van der Waals surface area contributed by atoms with Crippen LogP contribution in [0.5, 0.6) is 5.75 Å². The third-order valence-corrected chi connectivity index (χ3v) is 2.53. The average Bonchev–Trinajstić information content (AvgIpc) is 2.47. The van der Waals surface area contributed by atoms with Crippen LogP contribution in [0.2, 0.25) is 0 Å². The van der Waals surface area contributed by atoms with E-state index in [0.717, 1.165) is 18.4 Å². The van der Waals surface area contributed by atoms with Crippen LogP contribution in [-0.4, -0.2) is 19.0 Å². The Hall–Kier alpha value is -1.84. The molecule has 0 radical (unpaired) electrons. The van der Waals surface area contributed by atoms with Gasteiger partial charge in [-0.25, -0.2) is 4.79 Å². The Balaban J connectivity index is 2.35. The predicted octanol–water partition coefficient (Wildman–Crippen LogP) is 1.71. The quantitative estimate of drug-likeness (QED) is 0.534. The number of carbonyl (C=O) groups is 2. The highest BCUT2D eigenvalue weighted by Gasteiger charge is 2.16. The lowest BCUT2D eigenvalue weighted by molar-refractivity contribution is -0.134. The van der Waals surface area contributed by atoms with Crippen molar-refractivity contribution in [3.63, 3.8) is 0 Å². The van der Waals surface area contributed by atoms with Crippen molar-refractivity contribution in [3.8, 4) is 5.75 Å². The highest BCUT2D eigenvalue weighted by molar-refractivity contribution is 5.90. The monoisotopic (exact) mass is 220 g/mol. The maximum Gasteiger partial charge on any atom is 0.337 e. The summed E-state index contributed by atoms with van der Waals surface area (Å²) < 4.78 is 9.77. The fraction of sp³-hybridized carbons (Fsp3) is 0.333. The SMILES string of the molecule is COC(=O)c1ccc2c(c1)CCCC(=O)O2. The van der Waals surface area contributed by atoms with Gasteiger partial charge in [0.15, 0.2) is 0 Å². The normalized spacial score (nSPS) is 14.7. The molecule has 1 aromatic rings. The highest BCUT2D eigenvalue weighted by atomic mass is 16.5. The summed E-state index contributed by atoms with van der Waals surface area (Å²) in [4.78, 5) is 22.5. The van der Waals surface area contributed by atoms with Crippen LogP contribution >= 0.6 is 0 Å². The molecule has 0 spiro atoms. The van der Waals surface area contributed by atoms with Gasteiger partial charge in [0.2, 0.25) is 0 Å². The molecule has 1 aliphatic heterocycles. The fourth-order valence-corrected chi connectivity index (χ4v) is 1.72. The highest BCUT2D eigenvalue weighted by Crippen LogP contribution is 2.25. The van der Waals surface area contributed by atoms with E-state index in [2.05, 4.69) is 4.74 Å². The number of benzene rings is 1. The van der Waals surface area contributed by atoms with Crippen LogP contribution in [0.25, 0.3) is 0 Å². The van der Waals surface area contributed by atoms with E-state index in [1.807, 2.05) is 0 Å². The molecule has 0 aromatic heterocycles. The third kappa shape index (κ3) is 2.05. The Morgan fingerprint density at radius 2 is 2.19 bits per heavy atom. The summed E-state index contributed by atoms with van der Waals surface area (Å²) >= 11 is 0. The summed E-state index contributed by atoms with van der Waals surface area (Å²) in [6.45, 7) is 0. The van der Waals surface area contributed by atoms with Crippen molar-refractivity contribution in [3.05, 3.63) is 29.3 Å². The molecule has 84 valence electrons. The van der Waals surface area contributed by atoms with Crippen molar-refractivity contribution in [2.75, 3.05) is 7.11 Å². The van der Waals surface area contributed by atoms with Crippen molar-refractivity contribution in [2.24, 2.45) is 0 Å². The minimum absolute atomic E-state index is 0.218. The van der Waals surface area contributed by atoms with Gasteiger partial charge in [-0.05, 0) is 36.6 Å². The molecule has 0 saturated carbocycles. The molecule has 0 saturated heterocycles. The number of methoxy groups -OCH3 is 1. The van der Waals surface area contributed by atoms with Crippen LogP contribution in [0.15, 0.2) is 18.2 Å². The van der Waals surface area contributed by atoms with Crippen LogP contribution < -0.4 is 4.74 Å². The molecule has 1 heterocycles. The minimum Gasteiger partial charge on any atom is -0.465 e. The van der Waals surface area contributed by atoms with E-state index in [1.54, 1.807) is 18.2 Å². The van der Waals surface area contributed by atoms with Crippen LogP contribution in [0, 0.1) is 0 Å². The van der Waals surface area contributed by atoms with Crippen molar-refractivity contribution in [1.29, 1.82) is 0 Å². The lowest BCUT2D eigenvalue weighted by Crippen LogP contribution is -2.06. The van der Waals surface area contributed by atoms with Gasteiger partial charge in [-0.2, -0.15) is 0 Å². The topological polar surface area (TPSA) is 52.6 Å². The lowest BCUT2D eigenvalue weighted by Gasteiger charge is -2.06. The van der Waals surface area contributed by atoms with Gasteiger partial charge in [0.1, 0.15) is 5.75 Å². The molecule has 0 atom stereocenters. The fourth-order valence-electron chi connectivity index (χ4n) is 1.72. The second-order valence-electron chi connectivity index (χ2n) is 3.64. The number of esters is 2. The van der Waals surface area contributed by atoms with E-state index in [4.69, 9.17) is 4.74 Å².